The molecule has 0 aliphatic carbocycles. The largest absolute Gasteiger partial charge is 0.497 e. The third kappa shape index (κ3) is 4.02. The van der Waals surface area contributed by atoms with E-state index in [9.17, 15) is 4.79 Å². The highest BCUT2D eigenvalue weighted by atomic mass is 16.5. The first-order chi connectivity index (χ1) is 15.5. The summed E-state index contributed by atoms with van der Waals surface area (Å²) in [6.07, 6.45) is 1.79. The van der Waals surface area contributed by atoms with Gasteiger partial charge in [0, 0.05) is 12.2 Å². The molecule has 4 rings (SSSR count). The van der Waals surface area contributed by atoms with Crippen LogP contribution in [0.5, 0.6) is 5.75 Å². The Balaban J connectivity index is 1.96. The normalized spacial score (nSPS) is 11.4. The van der Waals surface area contributed by atoms with Gasteiger partial charge in [-0.3, -0.25) is 4.57 Å². The van der Waals surface area contributed by atoms with Crippen LogP contribution in [0.3, 0.4) is 0 Å². The molecule has 5 heteroatoms. The monoisotopic (exact) mass is 425 g/mol. The van der Waals surface area contributed by atoms with Crippen molar-refractivity contribution in [2.75, 3.05) is 12.4 Å². The van der Waals surface area contributed by atoms with E-state index in [1.807, 2.05) is 80.6 Å². The maximum absolute atomic E-state index is 12.7. The molecule has 1 aromatic heterocycles. The quantitative estimate of drug-likeness (QED) is 0.412. The summed E-state index contributed by atoms with van der Waals surface area (Å²) in [5.74, 6) is 1.29. The second-order valence-electron chi connectivity index (χ2n) is 7.93. The summed E-state index contributed by atoms with van der Waals surface area (Å²) in [4.78, 5) is 17.0. The maximum atomic E-state index is 12.7. The Hall–Kier alpha value is -3.86. The third-order valence-electron chi connectivity index (χ3n) is 5.64. The van der Waals surface area contributed by atoms with E-state index in [0.29, 0.717) is 5.82 Å². The molecule has 3 aromatic carbocycles. The van der Waals surface area contributed by atoms with Crippen LogP contribution in [0.2, 0.25) is 0 Å². The van der Waals surface area contributed by atoms with Crippen molar-refractivity contribution in [1.82, 2.24) is 9.55 Å². The van der Waals surface area contributed by atoms with Gasteiger partial charge in [0.1, 0.15) is 17.1 Å². The zero-order valence-electron chi connectivity index (χ0n) is 18.5. The van der Waals surface area contributed by atoms with Gasteiger partial charge in [0.25, 0.3) is 0 Å². The maximum Gasteiger partial charge on any atom is 0.349 e. The first-order valence-corrected chi connectivity index (χ1v) is 10.7. The number of nitrogens with one attached hydrogen (secondary N) is 1. The molecule has 0 saturated carbocycles. The van der Waals surface area contributed by atoms with Gasteiger partial charge < -0.3 is 10.1 Å². The van der Waals surface area contributed by atoms with Gasteiger partial charge >= 0.3 is 5.69 Å². The van der Waals surface area contributed by atoms with Crippen molar-refractivity contribution < 1.29 is 4.74 Å². The average Bonchev–Trinajstić information content (AvgIpc) is 2.83. The topological polar surface area (TPSA) is 56.1 Å². The first kappa shape index (κ1) is 21.4. The highest BCUT2D eigenvalue weighted by molar-refractivity contribution is 5.58. The lowest BCUT2D eigenvalue weighted by atomic mass is 9.77. The minimum Gasteiger partial charge on any atom is -0.497 e. The molecule has 0 bridgehead atoms. The molecule has 162 valence electrons. The molecule has 0 radical (unpaired) electrons. The minimum atomic E-state index is -0.766. The third-order valence-corrected chi connectivity index (χ3v) is 5.64. The van der Waals surface area contributed by atoms with Gasteiger partial charge in [-0.1, -0.05) is 72.8 Å². The predicted octanol–water partition coefficient (Wildman–Crippen LogP) is 5.24. The Morgan fingerprint density at radius 2 is 1.34 bits per heavy atom. The van der Waals surface area contributed by atoms with Crippen molar-refractivity contribution in [2.24, 2.45) is 0 Å². The fraction of sp³-hybridized carbons (Fsp3) is 0.185. The molecular formula is C27H27N3O2. The zero-order chi connectivity index (χ0) is 22.6. The SMILES string of the molecule is COc1ccc(C(Nc2ccn(C(C)C)c(=O)n2)(c2ccccc2)c2ccccc2)cc1. The number of nitrogens with zero attached hydrogens (tertiary/aromatic N) is 2. The fourth-order valence-electron chi connectivity index (χ4n) is 4.00. The molecular weight excluding hydrogens is 398 g/mol. The van der Waals surface area contributed by atoms with E-state index < -0.39 is 5.54 Å². The highest BCUT2D eigenvalue weighted by Gasteiger charge is 2.37. The summed E-state index contributed by atoms with van der Waals surface area (Å²) in [5.41, 5.74) is 2.02. The van der Waals surface area contributed by atoms with Gasteiger partial charge in [-0.2, -0.15) is 4.98 Å². The van der Waals surface area contributed by atoms with Gasteiger partial charge in [-0.05, 0) is 48.7 Å². The van der Waals surface area contributed by atoms with Crippen molar-refractivity contribution in [1.29, 1.82) is 0 Å². The van der Waals surface area contributed by atoms with E-state index in [4.69, 9.17) is 4.74 Å². The Morgan fingerprint density at radius 1 is 0.812 bits per heavy atom. The Labute approximate surface area is 188 Å². The van der Waals surface area contributed by atoms with Gasteiger partial charge in [0.2, 0.25) is 0 Å². The molecule has 5 nitrogen and oxygen atoms in total. The number of aromatic nitrogens is 2. The van der Waals surface area contributed by atoms with E-state index in [0.717, 1.165) is 22.4 Å². The molecule has 0 spiro atoms. The molecule has 0 amide bonds. The summed E-state index contributed by atoms with van der Waals surface area (Å²) in [6, 6.07) is 30.3. The lowest BCUT2D eigenvalue weighted by Crippen LogP contribution is -2.39. The van der Waals surface area contributed by atoms with Crippen LogP contribution in [0.4, 0.5) is 5.82 Å². The zero-order valence-corrected chi connectivity index (χ0v) is 18.5. The predicted molar refractivity (Wildman–Crippen MR) is 128 cm³/mol. The minimum absolute atomic E-state index is 0.0404. The Bertz CT molecular complexity index is 1180. The van der Waals surface area contributed by atoms with Crippen molar-refractivity contribution in [3.05, 3.63) is 124 Å². The lowest BCUT2D eigenvalue weighted by molar-refractivity contribution is 0.414. The van der Waals surface area contributed by atoms with Gasteiger partial charge in [-0.25, -0.2) is 4.79 Å². The van der Waals surface area contributed by atoms with E-state index in [2.05, 4.69) is 34.6 Å². The highest BCUT2D eigenvalue weighted by Crippen LogP contribution is 2.40. The molecule has 32 heavy (non-hydrogen) atoms. The van der Waals surface area contributed by atoms with Crippen LogP contribution < -0.4 is 15.7 Å². The smallest absolute Gasteiger partial charge is 0.349 e. The molecule has 0 atom stereocenters. The second-order valence-corrected chi connectivity index (χ2v) is 7.93. The van der Waals surface area contributed by atoms with Crippen molar-refractivity contribution in [2.45, 2.75) is 25.4 Å². The summed E-state index contributed by atoms with van der Waals surface area (Å²) in [7, 11) is 1.66. The molecule has 1 heterocycles. The summed E-state index contributed by atoms with van der Waals surface area (Å²) < 4.78 is 7.00. The number of benzene rings is 3. The van der Waals surface area contributed by atoms with Crippen LogP contribution in [-0.4, -0.2) is 16.7 Å². The molecule has 1 N–H and O–H groups in total. The van der Waals surface area contributed by atoms with Gasteiger partial charge in [0.05, 0.1) is 7.11 Å². The van der Waals surface area contributed by atoms with Crippen LogP contribution in [0, 0.1) is 0 Å². The summed E-state index contributed by atoms with van der Waals surface area (Å²) in [5, 5.41) is 3.62. The Morgan fingerprint density at radius 3 is 1.81 bits per heavy atom. The fourth-order valence-corrected chi connectivity index (χ4v) is 4.00. The Kier molecular flexibility index (Phi) is 6.08. The van der Waals surface area contributed by atoms with Crippen LogP contribution in [0.15, 0.2) is 102 Å². The number of hydrogen-bond donors (Lipinski definition) is 1. The van der Waals surface area contributed by atoms with Gasteiger partial charge in [-0.15, -0.1) is 0 Å². The standard InChI is InChI=1S/C27H27N3O2/c1-20(2)30-19-18-25(28-26(30)31)29-27(21-10-6-4-7-11-21,22-12-8-5-9-13-22)23-14-16-24(32-3)17-15-23/h4-20H,1-3H3,(H,28,29,31). The van der Waals surface area contributed by atoms with Crippen LogP contribution >= 0.6 is 0 Å². The average molecular weight is 426 g/mol. The van der Waals surface area contributed by atoms with Gasteiger partial charge in [0.15, 0.2) is 0 Å². The second kappa shape index (κ2) is 9.10. The molecule has 0 unspecified atom stereocenters. The van der Waals surface area contributed by atoms with Crippen LogP contribution in [-0.2, 0) is 5.54 Å². The van der Waals surface area contributed by atoms with Crippen LogP contribution in [0.25, 0.3) is 0 Å². The first-order valence-electron chi connectivity index (χ1n) is 10.7. The molecule has 0 aliphatic heterocycles. The molecule has 0 fully saturated rings. The summed E-state index contributed by atoms with van der Waals surface area (Å²) in [6.45, 7) is 3.93. The van der Waals surface area contributed by atoms with Crippen molar-refractivity contribution >= 4 is 5.82 Å². The molecule has 0 aliphatic rings. The number of hydrogen-bond acceptors (Lipinski definition) is 4. The van der Waals surface area contributed by atoms with Crippen molar-refractivity contribution in [3.63, 3.8) is 0 Å². The number of methoxy groups -OCH3 is 1. The van der Waals surface area contributed by atoms with E-state index in [-0.39, 0.29) is 11.7 Å². The number of ether oxygens (including phenoxy) is 1. The lowest BCUT2D eigenvalue weighted by Gasteiger charge is -2.37. The number of rotatable bonds is 7. The van der Waals surface area contributed by atoms with Crippen LogP contribution in [0.1, 0.15) is 36.6 Å². The van der Waals surface area contributed by atoms with Crippen molar-refractivity contribution in [3.8, 4) is 5.75 Å². The van der Waals surface area contributed by atoms with E-state index in [1.54, 1.807) is 17.9 Å². The number of anilines is 1. The summed E-state index contributed by atoms with van der Waals surface area (Å²) >= 11 is 0. The van der Waals surface area contributed by atoms with E-state index >= 15 is 0 Å². The molecule has 0 saturated heterocycles. The van der Waals surface area contributed by atoms with E-state index in [1.165, 1.54) is 0 Å². The molecule has 4 aromatic rings.